The minimum absolute atomic E-state index is 0.0810. The first-order valence-corrected chi connectivity index (χ1v) is 11.4. The largest absolute Gasteiger partial charge is 0.444 e. The zero-order chi connectivity index (χ0) is 21.2. The number of hydrogen-bond donors (Lipinski definition) is 2. The van der Waals surface area contributed by atoms with E-state index in [-0.39, 0.29) is 11.3 Å². The number of halogens is 1. The number of rotatable bonds is 6. The molecule has 0 aliphatic heterocycles. The fourth-order valence-electron chi connectivity index (χ4n) is 2.84. The smallest absolute Gasteiger partial charge is 0.407 e. The van der Waals surface area contributed by atoms with Crippen LogP contribution in [-0.4, -0.2) is 27.7 Å². The van der Waals surface area contributed by atoms with E-state index in [9.17, 15) is 4.79 Å². The number of nitrogens with one attached hydrogen (secondary N) is 2. The minimum atomic E-state index is -0.521. The summed E-state index contributed by atoms with van der Waals surface area (Å²) in [5.41, 5.74) is 1.39. The van der Waals surface area contributed by atoms with Crippen LogP contribution >= 0.6 is 34.3 Å². The Bertz CT molecular complexity index is 996. The molecular formula is C20H25ClN4O2S2. The van der Waals surface area contributed by atoms with E-state index in [0.717, 1.165) is 26.5 Å². The molecule has 3 aromatic heterocycles. The molecule has 3 aromatic rings. The number of thiophene rings is 2. The lowest BCUT2D eigenvalue weighted by molar-refractivity contribution is 0.0508. The average Bonchev–Trinajstić information content (AvgIpc) is 3.21. The van der Waals surface area contributed by atoms with Gasteiger partial charge in [-0.05, 0) is 63.2 Å². The Morgan fingerprint density at radius 1 is 1.34 bits per heavy atom. The molecule has 0 spiro atoms. The third-order valence-corrected chi connectivity index (χ3v) is 6.46. The fraction of sp³-hybridized carbons (Fsp3) is 0.450. The van der Waals surface area contributed by atoms with Crippen LogP contribution in [0, 0.1) is 6.92 Å². The Morgan fingerprint density at radius 2 is 2.10 bits per heavy atom. The number of carbonyl (C=O) groups excluding carboxylic acids is 1. The highest BCUT2D eigenvalue weighted by Crippen LogP contribution is 2.35. The second-order valence-electron chi connectivity index (χ2n) is 7.85. The molecule has 0 bridgehead atoms. The van der Waals surface area contributed by atoms with E-state index in [2.05, 4.69) is 26.7 Å². The van der Waals surface area contributed by atoms with Crippen LogP contribution in [0.25, 0.3) is 10.2 Å². The van der Waals surface area contributed by atoms with E-state index < -0.39 is 11.7 Å². The number of hydrogen-bond acceptors (Lipinski definition) is 7. The normalized spacial score (nSPS) is 12.8. The van der Waals surface area contributed by atoms with Crippen LogP contribution in [0.15, 0.2) is 17.5 Å². The zero-order valence-corrected chi connectivity index (χ0v) is 19.5. The Morgan fingerprint density at radius 3 is 2.76 bits per heavy atom. The van der Waals surface area contributed by atoms with Gasteiger partial charge in [0.05, 0.1) is 16.8 Å². The van der Waals surface area contributed by atoms with E-state index >= 15 is 0 Å². The van der Waals surface area contributed by atoms with E-state index in [1.807, 2.05) is 46.1 Å². The Hall–Kier alpha value is -1.90. The van der Waals surface area contributed by atoms with Crippen molar-refractivity contribution in [2.24, 2.45) is 0 Å². The summed E-state index contributed by atoms with van der Waals surface area (Å²) >= 11 is 9.49. The van der Waals surface area contributed by atoms with Crippen LogP contribution in [0.5, 0.6) is 0 Å². The summed E-state index contributed by atoms with van der Waals surface area (Å²) in [5, 5.41) is 8.54. The lowest BCUT2D eigenvalue weighted by atomic mass is 10.1. The lowest BCUT2D eigenvalue weighted by Crippen LogP contribution is -2.38. The molecule has 29 heavy (non-hydrogen) atoms. The Kier molecular flexibility index (Phi) is 6.65. The molecule has 0 saturated carbocycles. The molecule has 1 amide bonds. The van der Waals surface area contributed by atoms with Gasteiger partial charge in [-0.3, -0.25) is 0 Å². The van der Waals surface area contributed by atoms with Crippen LogP contribution in [0.4, 0.5) is 10.6 Å². The van der Waals surface area contributed by atoms with Gasteiger partial charge in [-0.15, -0.1) is 22.7 Å². The summed E-state index contributed by atoms with van der Waals surface area (Å²) in [6.45, 7) is 10.2. The van der Waals surface area contributed by atoms with Crippen molar-refractivity contribution < 1.29 is 9.53 Å². The van der Waals surface area contributed by atoms with Crippen molar-refractivity contribution in [3.63, 3.8) is 0 Å². The monoisotopic (exact) mass is 452 g/mol. The predicted molar refractivity (Wildman–Crippen MR) is 121 cm³/mol. The summed E-state index contributed by atoms with van der Waals surface area (Å²) in [6.07, 6.45) is 0.263. The second-order valence-corrected chi connectivity index (χ2v) is 10.3. The number of aromatic nitrogens is 2. The number of fused-ring (bicyclic) bond motifs is 1. The van der Waals surface area contributed by atoms with Crippen molar-refractivity contribution >= 4 is 56.4 Å². The number of alkyl carbamates (subject to hydrolysis) is 1. The first-order valence-electron chi connectivity index (χ1n) is 9.33. The molecule has 6 nitrogen and oxygen atoms in total. The molecular weight excluding hydrogens is 428 g/mol. The number of amides is 1. The molecule has 156 valence electrons. The van der Waals surface area contributed by atoms with Gasteiger partial charge in [-0.1, -0.05) is 6.07 Å². The first kappa shape index (κ1) is 21.8. The number of nitrogens with zero attached hydrogens (tertiary/aromatic N) is 2. The van der Waals surface area contributed by atoms with Crippen molar-refractivity contribution in [1.29, 1.82) is 0 Å². The van der Waals surface area contributed by atoms with E-state index in [1.165, 1.54) is 4.88 Å². The molecule has 3 rings (SSSR count). The molecule has 0 radical (unpaired) electrons. The summed E-state index contributed by atoms with van der Waals surface area (Å²) in [4.78, 5) is 23.2. The third-order valence-electron chi connectivity index (χ3n) is 4.10. The maximum absolute atomic E-state index is 12.0. The van der Waals surface area contributed by atoms with Gasteiger partial charge < -0.3 is 15.4 Å². The van der Waals surface area contributed by atoms with Crippen LogP contribution < -0.4 is 10.6 Å². The number of carbonyl (C=O) groups is 1. The molecule has 0 aromatic carbocycles. The van der Waals surface area contributed by atoms with Gasteiger partial charge in [0.1, 0.15) is 11.4 Å². The maximum atomic E-state index is 12.0. The predicted octanol–water partition coefficient (Wildman–Crippen LogP) is 5.78. The topological polar surface area (TPSA) is 76.1 Å². The second kappa shape index (κ2) is 8.85. The lowest BCUT2D eigenvalue weighted by Gasteiger charge is -2.21. The van der Waals surface area contributed by atoms with E-state index in [1.54, 1.807) is 22.7 Å². The molecule has 0 saturated heterocycles. The van der Waals surface area contributed by atoms with Crippen molar-refractivity contribution in [2.75, 3.05) is 5.32 Å². The molecule has 3 heterocycles. The van der Waals surface area contributed by atoms with Gasteiger partial charge in [-0.2, -0.15) is 4.98 Å². The molecule has 0 aliphatic rings. The minimum Gasteiger partial charge on any atom is -0.444 e. The molecule has 2 N–H and O–H groups in total. The Labute approximate surface area is 183 Å². The van der Waals surface area contributed by atoms with Gasteiger partial charge in [0, 0.05) is 22.2 Å². The highest BCUT2D eigenvalue weighted by molar-refractivity contribution is 7.19. The maximum Gasteiger partial charge on any atom is 0.407 e. The molecule has 0 fully saturated rings. The number of ether oxygens (including phenoxy) is 1. The van der Waals surface area contributed by atoms with Crippen LogP contribution in [0.1, 0.15) is 43.0 Å². The average molecular weight is 453 g/mol. The van der Waals surface area contributed by atoms with Gasteiger partial charge in [0.15, 0.2) is 0 Å². The van der Waals surface area contributed by atoms with Gasteiger partial charge in [0.25, 0.3) is 0 Å². The summed E-state index contributed by atoms with van der Waals surface area (Å²) < 4.78 is 6.32. The number of anilines is 1. The molecule has 9 heteroatoms. The fourth-order valence-corrected chi connectivity index (χ4v) is 5.00. The zero-order valence-electron chi connectivity index (χ0n) is 17.1. The van der Waals surface area contributed by atoms with Gasteiger partial charge in [-0.25, -0.2) is 9.78 Å². The quantitative estimate of drug-likeness (QED) is 0.463. The van der Waals surface area contributed by atoms with Crippen molar-refractivity contribution in [1.82, 2.24) is 15.3 Å². The summed E-state index contributed by atoms with van der Waals surface area (Å²) in [7, 11) is 0. The first-order chi connectivity index (χ1) is 13.6. The standard InChI is InChI=1S/C20H25ClN4O2S2/c1-11(23-19(26)27-20(3,4)5)9-14-12(2)15-16(29-14)17(25-18(21)24-15)22-10-13-7-6-8-28-13/h6-8,11H,9-10H2,1-5H3,(H,23,26)(H,22,24,25)/t11-/m0/s1. The number of aryl methyl sites for hydroxylation is 1. The molecule has 0 unspecified atom stereocenters. The molecule has 0 aliphatic carbocycles. The summed E-state index contributed by atoms with van der Waals surface area (Å²) in [5.74, 6) is 0.737. The Balaban J connectivity index is 1.77. The van der Waals surface area contributed by atoms with E-state index in [0.29, 0.717) is 13.0 Å². The van der Waals surface area contributed by atoms with Crippen molar-refractivity contribution in [2.45, 2.75) is 59.2 Å². The summed E-state index contributed by atoms with van der Waals surface area (Å²) in [6, 6.07) is 4.02. The van der Waals surface area contributed by atoms with Crippen LogP contribution in [0.3, 0.4) is 0 Å². The molecule has 1 atom stereocenters. The van der Waals surface area contributed by atoms with Crippen molar-refractivity contribution in [3.8, 4) is 0 Å². The third kappa shape index (κ3) is 5.81. The van der Waals surface area contributed by atoms with Crippen LogP contribution in [-0.2, 0) is 17.7 Å². The van der Waals surface area contributed by atoms with Crippen LogP contribution in [0.2, 0.25) is 5.28 Å². The van der Waals surface area contributed by atoms with Gasteiger partial charge >= 0.3 is 6.09 Å². The van der Waals surface area contributed by atoms with Crippen molar-refractivity contribution in [3.05, 3.63) is 38.1 Å². The highest BCUT2D eigenvalue weighted by atomic mass is 35.5. The highest BCUT2D eigenvalue weighted by Gasteiger charge is 2.20. The van der Waals surface area contributed by atoms with E-state index in [4.69, 9.17) is 16.3 Å². The SMILES string of the molecule is Cc1c(C[C@H](C)NC(=O)OC(C)(C)C)sc2c(NCc3cccs3)nc(Cl)nc12. The van der Waals surface area contributed by atoms with Gasteiger partial charge in [0.2, 0.25) is 5.28 Å².